The third-order valence-electron chi connectivity index (χ3n) is 4.88. The van der Waals surface area contributed by atoms with Crippen LogP contribution in [0.5, 0.6) is 5.75 Å². The highest BCUT2D eigenvalue weighted by Crippen LogP contribution is 2.27. The van der Waals surface area contributed by atoms with E-state index in [4.69, 9.17) is 9.47 Å². The van der Waals surface area contributed by atoms with Gasteiger partial charge in [0.1, 0.15) is 5.75 Å². The van der Waals surface area contributed by atoms with E-state index in [-0.39, 0.29) is 18.4 Å². The second-order valence-electron chi connectivity index (χ2n) is 7.48. The Morgan fingerprint density at radius 3 is 2.59 bits per heavy atom. The molecule has 1 aliphatic heterocycles. The van der Waals surface area contributed by atoms with Crippen molar-refractivity contribution in [2.24, 2.45) is 0 Å². The Hall–Kier alpha value is -2.86. The predicted octanol–water partition coefficient (Wildman–Crippen LogP) is 3.61. The minimum atomic E-state index is -0.302. The zero-order valence-electron chi connectivity index (χ0n) is 17.2. The van der Waals surface area contributed by atoms with Gasteiger partial charge >= 0.3 is 0 Å². The van der Waals surface area contributed by atoms with Gasteiger partial charge in [-0.1, -0.05) is 38.1 Å². The molecule has 1 fully saturated rings. The number of rotatable bonds is 6. The zero-order valence-corrected chi connectivity index (χ0v) is 17.2. The van der Waals surface area contributed by atoms with E-state index in [2.05, 4.69) is 19.2 Å². The topological polar surface area (TPSA) is 67.9 Å². The summed E-state index contributed by atoms with van der Waals surface area (Å²) in [5.74, 6) is 0.600. The molecule has 1 heterocycles. The number of nitrogens with one attached hydrogen (secondary N) is 1. The van der Waals surface area contributed by atoms with Gasteiger partial charge in [-0.05, 0) is 42.2 Å². The zero-order chi connectivity index (χ0) is 20.8. The van der Waals surface area contributed by atoms with Crippen molar-refractivity contribution in [3.63, 3.8) is 0 Å². The van der Waals surface area contributed by atoms with Crippen molar-refractivity contribution < 1.29 is 19.1 Å². The highest BCUT2D eigenvalue weighted by molar-refractivity contribution is 6.04. The summed E-state index contributed by atoms with van der Waals surface area (Å²) in [6, 6.07) is 13.1. The maximum absolute atomic E-state index is 12.8. The lowest BCUT2D eigenvalue weighted by atomic mass is 10.0. The van der Waals surface area contributed by atoms with Gasteiger partial charge in [0, 0.05) is 13.1 Å². The number of nitrogens with zero attached hydrogens (tertiary/aromatic N) is 1. The van der Waals surface area contributed by atoms with E-state index in [0.29, 0.717) is 49.2 Å². The summed E-state index contributed by atoms with van der Waals surface area (Å²) < 4.78 is 11.1. The molecule has 3 rings (SSSR count). The fraction of sp³-hybridized carbons (Fsp3) is 0.391. The van der Waals surface area contributed by atoms with Crippen LogP contribution in [-0.2, 0) is 9.53 Å². The number of anilines is 1. The number of hydrogen-bond acceptors (Lipinski definition) is 4. The van der Waals surface area contributed by atoms with Crippen LogP contribution in [0.2, 0.25) is 0 Å². The van der Waals surface area contributed by atoms with E-state index < -0.39 is 0 Å². The molecule has 29 heavy (non-hydrogen) atoms. The Labute approximate surface area is 171 Å². The van der Waals surface area contributed by atoms with Crippen molar-refractivity contribution in [3.8, 4) is 5.75 Å². The van der Waals surface area contributed by atoms with Gasteiger partial charge in [-0.25, -0.2) is 0 Å². The molecule has 1 N–H and O–H groups in total. The molecule has 154 valence electrons. The molecule has 1 saturated heterocycles. The van der Waals surface area contributed by atoms with Crippen molar-refractivity contribution >= 4 is 17.5 Å². The van der Waals surface area contributed by atoms with Crippen molar-refractivity contribution in [1.82, 2.24) is 4.90 Å². The highest BCUT2D eigenvalue weighted by Gasteiger charge is 2.21. The molecule has 2 amide bonds. The molecule has 1 aliphatic rings. The summed E-state index contributed by atoms with van der Waals surface area (Å²) in [7, 11) is 0. The standard InChI is InChI=1S/C23H28N2O4/c1-16(2)18-9-8-17(3)14-21(18)29-15-22(26)24-20-7-5-4-6-19(20)23(27)25-10-12-28-13-11-25/h4-9,14,16H,10-13,15H2,1-3H3,(H,24,26). The van der Waals surface area contributed by atoms with Gasteiger partial charge in [0.2, 0.25) is 0 Å². The smallest absolute Gasteiger partial charge is 0.262 e. The molecular weight excluding hydrogens is 368 g/mol. The summed E-state index contributed by atoms with van der Waals surface area (Å²) in [5, 5.41) is 2.82. The van der Waals surface area contributed by atoms with E-state index in [1.165, 1.54) is 0 Å². The first-order valence-corrected chi connectivity index (χ1v) is 9.95. The van der Waals surface area contributed by atoms with Crippen molar-refractivity contribution in [2.75, 3.05) is 38.2 Å². The molecular formula is C23H28N2O4. The average molecular weight is 396 g/mol. The molecule has 0 radical (unpaired) electrons. The summed E-state index contributed by atoms with van der Waals surface area (Å²) in [6.45, 7) is 8.21. The van der Waals surface area contributed by atoms with Crippen LogP contribution in [0.4, 0.5) is 5.69 Å². The number of carbonyl (C=O) groups is 2. The van der Waals surface area contributed by atoms with Gasteiger partial charge in [0.25, 0.3) is 11.8 Å². The van der Waals surface area contributed by atoms with Crippen LogP contribution < -0.4 is 10.1 Å². The van der Waals surface area contributed by atoms with Crippen LogP contribution >= 0.6 is 0 Å². The van der Waals surface area contributed by atoms with Gasteiger partial charge in [0.15, 0.2) is 6.61 Å². The lowest BCUT2D eigenvalue weighted by Crippen LogP contribution is -2.41. The molecule has 0 bridgehead atoms. The number of para-hydroxylation sites is 1. The molecule has 6 heteroatoms. The van der Waals surface area contributed by atoms with Gasteiger partial charge in [-0.3, -0.25) is 9.59 Å². The van der Waals surface area contributed by atoms with E-state index in [1.54, 1.807) is 29.2 Å². The van der Waals surface area contributed by atoms with Crippen molar-refractivity contribution in [1.29, 1.82) is 0 Å². The van der Waals surface area contributed by atoms with E-state index >= 15 is 0 Å². The normalized spacial score (nSPS) is 14.0. The van der Waals surface area contributed by atoms with E-state index in [1.807, 2.05) is 25.1 Å². The van der Waals surface area contributed by atoms with Gasteiger partial charge in [0.05, 0.1) is 24.5 Å². The molecule has 0 unspecified atom stereocenters. The van der Waals surface area contributed by atoms with Crippen LogP contribution in [0.1, 0.15) is 41.3 Å². The molecule has 0 saturated carbocycles. The van der Waals surface area contributed by atoms with E-state index in [0.717, 1.165) is 11.1 Å². The number of carbonyl (C=O) groups excluding carboxylic acids is 2. The Morgan fingerprint density at radius 1 is 1.14 bits per heavy atom. The third kappa shape index (κ3) is 5.35. The monoisotopic (exact) mass is 396 g/mol. The Morgan fingerprint density at radius 2 is 1.86 bits per heavy atom. The fourth-order valence-corrected chi connectivity index (χ4v) is 3.29. The Bertz CT molecular complexity index is 873. The van der Waals surface area contributed by atoms with Crippen LogP contribution in [0.25, 0.3) is 0 Å². The fourth-order valence-electron chi connectivity index (χ4n) is 3.29. The predicted molar refractivity (Wildman–Crippen MR) is 113 cm³/mol. The minimum Gasteiger partial charge on any atom is -0.483 e. The summed E-state index contributed by atoms with van der Waals surface area (Å²) in [6.07, 6.45) is 0. The van der Waals surface area contributed by atoms with Gasteiger partial charge in [-0.2, -0.15) is 0 Å². The quantitative estimate of drug-likeness (QED) is 0.810. The van der Waals surface area contributed by atoms with Crippen LogP contribution in [0.3, 0.4) is 0 Å². The van der Waals surface area contributed by atoms with Crippen molar-refractivity contribution in [2.45, 2.75) is 26.7 Å². The molecule has 0 aliphatic carbocycles. The second kappa shape index (κ2) is 9.56. The molecule has 6 nitrogen and oxygen atoms in total. The van der Waals surface area contributed by atoms with E-state index in [9.17, 15) is 9.59 Å². The molecule has 2 aromatic carbocycles. The van der Waals surface area contributed by atoms with Gasteiger partial charge in [-0.15, -0.1) is 0 Å². The first kappa shape index (κ1) is 20.9. The number of aryl methyl sites for hydroxylation is 1. The highest BCUT2D eigenvalue weighted by atomic mass is 16.5. The first-order chi connectivity index (χ1) is 14.0. The van der Waals surface area contributed by atoms with Crippen LogP contribution in [0, 0.1) is 6.92 Å². The Balaban J connectivity index is 1.67. The number of ether oxygens (including phenoxy) is 2. The average Bonchev–Trinajstić information content (AvgIpc) is 2.72. The van der Waals surface area contributed by atoms with Crippen LogP contribution in [-0.4, -0.2) is 49.6 Å². The Kier molecular flexibility index (Phi) is 6.88. The SMILES string of the molecule is Cc1ccc(C(C)C)c(OCC(=O)Nc2ccccc2C(=O)N2CCOCC2)c1. The summed E-state index contributed by atoms with van der Waals surface area (Å²) in [5.41, 5.74) is 3.10. The summed E-state index contributed by atoms with van der Waals surface area (Å²) in [4.78, 5) is 27.1. The lowest BCUT2D eigenvalue weighted by molar-refractivity contribution is -0.118. The van der Waals surface area contributed by atoms with Gasteiger partial charge < -0.3 is 19.7 Å². The summed E-state index contributed by atoms with van der Waals surface area (Å²) >= 11 is 0. The molecule has 0 spiro atoms. The van der Waals surface area contributed by atoms with Crippen LogP contribution in [0.15, 0.2) is 42.5 Å². The number of morpholine rings is 1. The second-order valence-corrected chi connectivity index (χ2v) is 7.48. The molecule has 0 aromatic heterocycles. The lowest BCUT2D eigenvalue weighted by Gasteiger charge is -2.27. The largest absolute Gasteiger partial charge is 0.483 e. The number of benzene rings is 2. The number of hydrogen-bond donors (Lipinski definition) is 1. The first-order valence-electron chi connectivity index (χ1n) is 9.95. The molecule has 0 atom stereocenters. The number of amides is 2. The van der Waals surface area contributed by atoms with Crippen molar-refractivity contribution in [3.05, 3.63) is 59.2 Å². The maximum Gasteiger partial charge on any atom is 0.262 e. The maximum atomic E-state index is 12.8. The molecule has 2 aromatic rings. The third-order valence-corrected chi connectivity index (χ3v) is 4.88. The minimum absolute atomic E-state index is 0.106.